The van der Waals surface area contributed by atoms with Crippen LogP contribution in [0.2, 0.25) is 0 Å². The third-order valence-corrected chi connectivity index (χ3v) is 5.26. The lowest BCUT2D eigenvalue weighted by atomic mass is 10.1. The molecule has 146 valence electrons. The molecule has 1 N–H and O–H groups in total. The summed E-state index contributed by atoms with van der Waals surface area (Å²) in [4.78, 5) is 40.2. The SMILES string of the molecule is CC(C)(C)OC(=O)NC1CCN(CN2C(=O)C(=O)c3c(Br)cccc32)CC1. The molecule has 0 bridgehead atoms. The van der Waals surface area contributed by atoms with Gasteiger partial charge in [-0.2, -0.15) is 0 Å². The minimum absolute atomic E-state index is 0.0495. The van der Waals surface area contributed by atoms with Gasteiger partial charge >= 0.3 is 12.0 Å². The summed E-state index contributed by atoms with van der Waals surface area (Å²) in [5.74, 6) is -0.968. The molecule has 1 saturated heterocycles. The van der Waals surface area contributed by atoms with E-state index in [2.05, 4.69) is 26.1 Å². The number of anilines is 1. The van der Waals surface area contributed by atoms with Crippen molar-refractivity contribution in [2.75, 3.05) is 24.7 Å². The van der Waals surface area contributed by atoms with Crippen molar-refractivity contribution in [3.8, 4) is 0 Å². The number of nitrogens with zero attached hydrogens (tertiary/aromatic N) is 2. The molecule has 1 fully saturated rings. The van der Waals surface area contributed by atoms with E-state index in [1.165, 1.54) is 4.90 Å². The number of benzene rings is 1. The molecule has 7 nitrogen and oxygen atoms in total. The minimum atomic E-state index is -0.519. The molecule has 1 aromatic carbocycles. The van der Waals surface area contributed by atoms with Gasteiger partial charge in [0, 0.05) is 23.6 Å². The van der Waals surface area contributed by atoms with Crippen LogP contribution >= 0.6 is 15.9 Å². The van der Waals surface area contributed by atoms with Crippen LogP contribution in [0.25, 0.3) is 0 Å². The quantitative estimate of drug-likeness (QED) is 0.735. The number of piperidine rings is 1. The number of carbonyl (C=O) groups excluding carboxylic acids is 3. The van der Waals surface area contributed by atoms with Crippen LogP contribution in [0, 0.1) is 0 Å². The molecule has 1 aromatic rings. The largest absolute Gasteiger partial charge is 0.444 e. The van der Waals surface area contributed by atoms with Crippen molar-refractivity contribution in [3.05, 3.63) is 28.2 Å². The summed E-state index contributed by atoms with van der Waals surface area (Å²) >= 11 is 3.35. The van der Waals surface area contributed by atoms with Gasteiger partial charge in [-0.05, 0) is 61.7 Å². The number of amides is 2. The number of rotatable bonds is 3. The zero-order valence-corrected chi connectivity index (χ0v) is 17.3. The zero-order valence-electron chi connectivity index (χ0n) is 15.8. The molecule has 0 atom stereocenters. The highest BCUT2D eigenvalue weighted by molar-refractivity contribution is 9.10. The summed E-state index contributed by atoms with van der Waals surface area (Å²) in [6.45, 7) is 7.32. The molecule has 2 heterocycles. The number of Topliss-reactive ketones (excluding diaryl/α,β-unsaturated/α-hetero) is 1. The Balaban J connectivity index is 1.56. The predicted octanol–water partition coefficient (Wildman–Crippen LogP) is 2.93. The van der Waals surface area contributed by atoms with Gasteiger partial charge in [-0.3, -0.25) is 19.4 Å². The van der Waals surface area contributed by atoms with E-state index in [1.807, 2.05) is 26.8 Å². The smallest absolute Gasteiger partial charge is 0.407 e. The van der Waals surface area contributed by atoms with Crippen LogP contribution in [0.15, 0.2) is 22.7 Å². The Morgan fingerprint density at radius 3 is 2.56 bits per heavy atom. The Kier molecular flexibility index (Phi) is 5.58. The summed E-state index contributed by atoms with van der Waals surface area (Å²) in [6.07, 6.45) is 1.13. The first-order valence-electron chi connectivity index (χ1n) is 9.02. The molecule has 27 heavy (non-hydrogen) atoms. The van der Waals surface area contributed by atoms with E-state index < -0.39 is 23.4 Å². The molecular weight excluding hydrogens is 414 g/mol. The van der Waals surface area contributed by atoms with Gasteiger partial charge in [-0.25, -0.2) is 4.79 Å². The first-order valence-corrected chi connectivity index (χ1v) is 9.81. The highest BCUT2D eigenvalue weighted by Gasteiger charge is 2.38. The number of carbonyl (C=O) groups is 3. The lowest BCUT2D eigenvalue weighted by Gasteiger charge is -2.34. The Morgan fingerprint density at radius 2 is 1.93 bits per heavy atom. The second-order valence-electron chi connectivity index (χ2n) is 7.88. The fourth-order valence-corrected chi connectivity index (χ4v) is 3.87. The normalized spacial score (nSPS) is 18.6. The van der Waals surface area contributed by atoms with Crippen molar-refractivity contribution in [3.63, 3.8) is 0 Å². The minimum Gasteiger partial charge on any atom is -0.444 e. The monoisotopic (exact) mass is 437 g/mol. The van der Waals surface area contributed by atoms with E-state index in [0.717, 1.165) is 25.9 Å². The van der Waals surface area contributed by atoms with Crippen molar-refractivity contribution >= 4 is 39.4 Å². The number of ether oxygens (including phenoxy) is 1. The average Bonchev–Trinajstić information content (AvgIpc) is 2.81. The summed E-state index contributed by atoms with van der Waals surface area (Å²) in [5, 5.41) is 2.90. The predicted molar refractivity (Wildman–Crippen MR) is 105 cm³/mol. The van der Waals surface area contributed by atoms with Gasteiger partial charge in [0.15, 0.2) is 0 Å². The fraction of sp³-hybridized carbons (Fsp3) is 0.526. The van der Waals surface area contributed by atoms with E-state index >= 15 is 0 Å². The Morgan fingerprint density at radius 1 is 1.26 bits per heavy atom. The van der Waals surface area contributed by atoms with Gasteiger partial charge in [0.25, 0.3) is 5.78 Å². The second-order valence-corrected chi connectivity index (χ2v) is 8.73. The Bertz CT molecular complexity index is 767. The van der Waals surface area contributed by atoms with E-state index in [4.69, 9.17) is 4.74 Å². The topological polar surface area (TPSA) is 79.0 Å². The maximum Gasteiger partial charge on any atom is 0.407 e. The summed E-state index contributed by atoms with van der Waals surface area (Å²) in [7, 11) is 0. The number of hydrogen-bond donors (Lipinski definition) is 1. The number of ketones is 1. The highest BCUT2D eigenvalue weighted by Crippen LogP contribution is 2.34. The van der Waals surface area contributed by atoms with Gasteiger partial charge in [0.2, 0.25) is 0 Å². The summed E-state index contributed by atoms with van der Waals surface area (Å²) in [6, 6.07) is 5.42. The molecule has 0 aromatic heterocycles. The lowest BCUT2D eigenvalue weighted by Crippen LogP contribution is -2.49. The fourth-order valence-electron chi connectivity index (χ4n) is 3.33. The van der Waals surface area contributed by atoms with Crippen molar-refractivity contribution in [1.29, 1.82) is 0 Å². The Hall–Kier alpha value is -1.93. The van der Waals surface area contributed by atoms with E-state index in [1.54, 1.807) is 12.1 Å². The van der Waals surface area contributed by atoms with Crippen LogP contribution in [-0.4, -0.2) is 54.1 Å². The molecule has 0 unspecified atom stereocenters. The van der Waals surface area contributed by atoms with Gasteiger partial charge < -0.3 is 10.1 Å². The number of halogens is 1. The van der Waals surface area contributed by atoms with Crippen molar-refractivity contribution < 1.29 is 19.1 Å². The zero-order chi connectivity index (χ0) is 19.8. The van der Waals surface area contributed by atoms with E-state index in [-0.39, 0.29) is 6.04 Å². The molecule has 2 aliphatic rings. The molecule has 0 radical (unpaired) electrons. The van der Waals surface area contributed by atoms with Gasteiger partial charge in [0.05, 0.1) is 17.9 Å². The van der Waals surface area contributed by atoms with Crippen LogP contribution < -0.4 is 10.2 Å². The third kappa shape index (κ3) is 4.50. The maximum atomic E-state index is 12.4. The van der Waals surface area contributed by atoms with Gasteiger partial charge in [-0.1, -0.05) is 6.07 Å². The van der Waals surface area contributed by atoms with Crippen LogP contribution in [0.4, 0.5) is 10.5 Å². The third-order valence-electron chi connectivity index (χ3n) is 4.60. The van der Waals surface area contributed by atoms with Crippen molar-refractivity contribution in [2.45, 2.75) is 45.3 Å². The molecule has 2 amide bonds. The second kappa shape index (κ2) is 7.59. The van der Waals surface area contributed by atoms with Gasteiger partial charge in [-0.15, -0.1) is 0 Å². The van der Waals surface area contributed by atoms with Crippen molar-refractivity contribution in [1.82, 2.24) is 10.2 Å². The van der Waals surface area contributed by atoms with Crippen LogP contribution in [0.3, 0.4) is 0 Å². The number of nitrogens with one attached hydrogen (secondary N) is 1. The Labute approximate surface area is 167 Å². The lowest BCUT2D eigenvalue weighted by molar-refractivity contribution is -0.114. The van der Waals surface area contributed by atoms with Crippen molar-refractivity contribution in [2.24, 2.45) is 0 Å². The molecule has 3 rings (SSSR count). The van der Waals surface area contributed by atoms with Crippen LogP contribution in [-0.2, 0) is 9.53 Å². The van der Waals surface area contributed by atoms with Crippen LogP contribution in [0.5, 0.6) is 0 Å². The molecule has 0 saturated carbocycles. The molecule has 0 aliphatic carbocycles. The summed E-state index contributed by atoms with van der Waals surface area (Å²) < 4.78 is 5.93. The van der Waals surface area contributed by atoms with Crippen LogP contribution in [0.1, 0.15) is 44.0 Å². The average molecular weight is 438 g/mol. The number of alkyl carbamates (subject to hydrolysis) is 1. The molecule has 2 aliphatic heterocycles. The number of likely N-dealkylation sites (tertiary alicyclic amines) is 1. The number of hydrogen-bond acceptors (Lipinski definition) is 5. The highest BCUT2D eigenvalue weighted by atomic mass is 79.9. The number of fused-ring (bicyclic) bond motifs is 1. The van der Waals surface area contributed by atoms with E-state index in [9.17, 15) is 14.4 Å². The molecular formula is C19H24BrN3O4. The molecule has 0 spiro atoms. The standard InChI is InChI=1S/C19H24BrN3O4/c1-19(2,3)27-18(26)21-12-7-9-22(10-8-12)11-23-14-6-4-5-13(20)15(14)16(24)17(23)25/h4-6,12H,7-11H2,1-3H3,(H,21,26). The first kappa shape index (κ1) is 19.8. The summed E-state index contributed by atoms with van der Waals surface area (Å²) in [5.41, 5.74) is 0.562. The van der Waals surface area contributed by atoms with Gasteiger partial charge in [0.1, 0.15) is 5.60 Å². The first-order chi connectivity index (χ1) is 12.7. The maximum absolute atomic E-state index is 12.4. The van der Waals surface area contributed by atoms with E-state index in [0.29, 0.717) is 22.4 Å². The molecule has 8 heteroatoms.